The largest absolute Gasteiger partial charge is 0.481 e. The van der Waals surface area contributed by atoms with Gasteiger partial charge in [-0.15, -0.1) is 0 Å². The molecule has 0 radical (unpaired) electrons. The fraction of sp³-hybridized carbons (Fsp3) is 0.316. The third-order valence-corrected chi connectivity index (χ3v) is 4.19. The first kappa shape index (κ1) is 16.4. The smallest absolute Gasteiger partial charge is 0.265 e. The molecule has 1 aliphatic carbocycles. The number of amides is 1. The first-order valence-electron chi connectivity index (χ1n) is 8.07. The van der Waals surface area contributed by atoms with Gasteiger partial charge in [-0.3, -0.25) is 4.79 Å². The van der Waals surface area contributed by atoms with Gasteiger partial charge in [-0.25, -0.2) is 8.78 Å². The van der Waals surface area contributed by atoms with E-state index in [4.69, 9.17) is 4.74 Å². The van der Waals surface area contributed by atoms with Crippen molar-refractivity contribution in [3.63, 3.8) is 0 Å². The van der Waals surface area contributed by atoms with Gasteiger partial charge in [0, 0.05) is 6.07 Å². The van der Waals surface area contributed by atoms with Crippen LogP contribution < -0.4 is 10.1 Å². The summed E-state index contributed by atoms with van der Waals surface area (Å²) < 4.78 is 32.2. The van der Waals surface area contributed by atoms with Gasteiger partial charge in [-0.2, -0.15) is 0 Å². The Balaban J connectivity index is 1.65. The van der Waals surface area contributed by atoms with E-state index >= 15 is 0 Å². The maximum Gasteiger partial charge on any atom is 0.265 e. The Labute approximate surface area is 139 Å². The van der Waals surface area contributed by atoms with Crippen LogP contribution in [-0.4, -0.2) is 12.0 Å². The van der Waals surface area contributed by atoms with Crippen molar-refractivity contribution in [2.45, 2.75) is 38.7 Å². The molecule has 0 bridgehead atoms. The van der Waals surface area contributed by atoms with Crippen LogP contribution >= 0.6 is 0 Å². The van der Waals surface area contributed by atoms with Gasteiger partial charge in [0.1, 0.15) is 17.4 Å². The zero-order valence-electron chi connectivity index (χ0n) is 13.4. The molecule has 3 rings (SSSR count). The van der Waals surface area contributed by atoms with Crippen molar-refractivity contribution < 1.29 is 18.3 Å². The molecule has 1 N–H and O–H groups in total. The van der Waals surface area contributed by atoms with Gasteiger partial charge in [0.2, 0.25) is 0 Å². The summed E-state index contributed by atoms with van der Waals surface area (Å²) in [4.78, 5) is 12.1. The van der Waals surface area contributed by atoms with Crippen molar-refractivity contribution in [1.29, 1.82) is 0 Å². The number of hydrogen-bond acceptors (Lipinski definition) is 2. The first-order valence-corrected chi connectivity index (χ1v) is 8.07. The number of carbonyl (C=O) groups excluding carboxylic acids is 1. The highest BCUT2D eigenvalue weighted by Gasteiger charge is 2.18. The maximum atomic E-state index is 13.6. The van der Waals surface area contributed by atoms with Crippen molar-refractivity contribution in [2.24, 2.45) is 0 Å². The molecule has 0 spiro atoms. The number of hydrogen-bond donors (Lipinski definition) is 1. The van der Waals surface area contributed by atoms with E-state index in [1.165, 1.54) is 23.6 Å². The Bertz CT molecular complexity index is 761. The molecule has 24 heavy (non-hydrogen) atoms. The molecular weight excluding hydrogens is 312 g/mol. The average Bonchev–Trinajstić information content (AvgIpc) is 2.57. The highest BCUT2D eigenvalue weighted by atomic mass is 19.1. The molecule has 2 aromatic rings. The van der Waals surface area contributed by atoms with Crippen molar-refractivity contribution in [3.05, 3.63) is 59.2 Å². The van der Waals surface area contributed by atoms with Crippen molar-refractivity contribution in [1.82, 2.24) is 0 Å². The zero-order chi connectivity index (χ0) is 17.1. The zero-order valence-corrected chi connectivity index (χ0v) is 13.4. The predicted molar refractivity (Wildman–Crippen MR) is 88.2 cm³/mol. The third-order valence-electron chi connectivity index (χ3n) is 4.19. The van der Waals surface area contributed by atoms with E-state index in [1.54, 1.807) is 6.92 Å². The van der Waals surface area contributed by atoms with E-state index in [0.29, 0.717) is 5.75 Å². The van der Waals surface area contributed by atoms with Crippen LogP contribution in [0, 0.1) is 11.6 Å². The van der Waals surface area contributed by atoms with E-state index in [1.807, 2.05) is 18.2 Å². The van der Waals surface area contributed by atoms with Gasteiger partial charge in [-0.05, 0) is 68.0 Å². The van der Waals surface area contributed by atoms with Gasteiger partial charge >= 0.3 is 0 Å². The first-order chi connectivity index (χ1) is 11.5. The summed E-state index contributed by atoms with van der Waals surface area (Å²) in [5.41, 5.74) is 2.53. The fourth-order valence-electron chi connectivity index (χ4n) is 2.87. The lowest BCUT2D eigenvalue weighted by molar-refractivity contribution is -0.122. The Morgan fingerprint density at radius 1 is 1.08 bits per heavy atom. The van der Waals surface area contributed by atoms with Crippen LogP contribution in [0.5, 0.6) is 5.75 Å². The van der Waals surface area contributed by atoms with Crippen molar-refractivity contribution in [3.8, 4) is 5.75 Å². The number of carbonyl (C=O) groups is 1. The third kappa shape index (κ3) is 3.72. The molecule has 0 saturated heterocycles. The normalized spacial score (nSPS) is 14.6. The Morgan fingerprint density at radius 3 is 2.58 bits per heavy atom. The van der Waals surface area contributed by atoms with E-state index in [2.05, 4.69) is 5.32 Å². The van der Waals surface area contributed by atoms with Gasteiger partial charge in [0.15, 0.2) is 6.10 Å². The minimum Gasteiger partial charge on any atom is -0.481 e. The van der Waals surface area contributed by atoms with E-state index in [-0.39, 0.29) is 5.69 Å². The summed E-state index contributed by atoms with van der Waals surface area (Å²) in [6, 6.07) is 8.86. The lowest BCUT2D eigenvalue weighted by Crippen LogP contribution is -2.30. The summed E-state index contributed by atoms with van der Waals surface area (Å²) >= 11 is 0. The van der Waals surface area contributed by atoms with Gasteiger partial charge < -0.3 is 10.1 Å². The highest BCUT2D eigenvalue weighted by Crippen LogP contribution is 2.26. The minimum absolute atomic E-state index is 0.0673. The molecule has 1 aliphatic rings. The molecule has 1 atom stereocenters. The number of fused-ring (bicyclic) bond motifs is 1. The molecular formula is C19H19F2NO2. The van der Waals surface area contributed by atoms with E-state index in [9.17, 15) is 13.6 Å². The molecule has 0 heterocycles. The van der Waals surface area contributed by atoms with Crippen LogP contribution in [0.4, 0.5) is 14.5 Å². The molecule has 0 aromatic heterocycles. The van der Waals surface area contributed by atoms with Crippen molar-refractivity contribution in [2.75, 3.05) is 5.32 Å². The van der Waals surface area contributed by atoms with Crippen LogP contribution in [0.2, 0.25) is 0 Å². The standard InChI is InChI=1S/C19H19F2NO2/c1-12(19(23)22-18-9-7-15(20)11-17(18)21)24-16-8-6-13-4-2-3-5-14(13)10-16/h6-12H,2-5H2,1H3,(H,22,23). The molecule has 1 amide bonds. The molecule has 0 saturated carbocycles. The average molecular weight is 331 g/mol. The number of benzene rings is 2. The SMILES string of the molecule is CC(Oc1ccc2c(c1)CCCC2)C(=O)Nc1ccc(F)cc1F. The summed E-state index contributed by atoms with van der Waals surface area (Å²) in [7, 11) is 0. The minimum atomic E-state index is -0.815. The van der Waals surface area contributed by atoms with Gasteiger partial charge in [0.05, 0.1) is 5.69 Å². The van der Waals surface area contributed by atoms with Crippen LogP contribution in [0.3, 0.4) is 0 Å². The lowest BCUT2D eigenvalue weighted by atomic mass is 9.92. The number of halogens is 2. The Morgan fingerprint density at radius 2 is 1.83 bits per heavy atom. The van der Waals surface area contributed by atoms with E-state index in [0.717, 1.165) is 31.4 Å². The van der Waals surface area contributed by atoms with Crippen LogP contribution in [-0.2, 0) is 17.6 Å². The molecule has 126 valence electrons. The summed E-state index contributed by atoms with van der Waals surface area (Å²) in [6.45, 7) is 1.59. The predicted octanol–water partition coefficient (Wildman–Crippen LogP) is 4.25. The highest BCUT2D eigenvalue weighted by molar-refractivity contribution is 5.94. The molecule has 0 aliphatic heterocycles. The second kappa shape index (κ2) is 6.99. The number of rotatable bonds is 4. The summed E-state index contributed by atoms with van der Waals surface area (Å²) in [5, 5.41) is 2.41. The fourth-order valence-corrected chi connectivity index (χ4v) is 2.87. The Kier molecular flexibility index (Phi) is 4.79. The second-order valence-electron chi connectivity index (χ2n) is 6.01. The summed E-state index contributed by atoms with van der Waals surface area (Å²) in [5.74, 6) is -1.37. The van der Waals surface area contributed by atoms with Crippen LogP contribution in [0.1, 0.15) is 30.9 Å². The number of nitrogens with one attached hydrogen (secondary N) is 1. The topological polar surface area (TPSA) is 38.3 Å². The molecule has 0 fully saturated rings. The molecule has 5 heteroatoms. The lowest BCUT2D eigenvalue weighted by Gasteiger charge is -2.19. The molecule has 1 unspecified atom stereocenters. The second-order valence-corrected chi connectivity index (χ2v) is 6.01. The quantitative estimate of drug-likeness (QED) is 0.909. The summed E-state index contributed by atoms with van der Waals surface area (Å²) in [6.07, 6.45) is 3.67. The van der Waals surface area contributed by atoms with Crippen LogP contribution in [0.25, 0.3) is 0 Å². The number of aryl methyl sites for hydroxylation is 2. The molecule has 3 nitrogen and oxygen atoms in total. The Hall–Kier alpha value is -2.43. The number of ether oxygens (including phenoxy) is 1. The van der Waals surface area contributed by atoms with E-state index < -0.39 is 23.6 Å². The van der Waals surface area contributed by atoms with Gasteiger partial charge in [-0.1, -0.05) is 6.07 Å². The van der Waals surface area contributed by atoms with Gasteiger partial charge in [0.25, 0.3) is 5.91 Å². The van der Waals surface area contributed by atoms with Crippen LogP contribution in [0.15, 0.2) is 36.4 Å². The monoisotopic (exact) mass is 331 g/mol. The molecule has 2 aromatic carbocycles. The maximum absolute atomic E-state index is 13.6. The number of anilines is 1. The van der Waals surface area contributed by atoms with Crippen molar-refractivity contribution >= 4 is 11.6 Å².